The van der Waals surface area contributed by atoms with Gasteiger partial charge in [-0.05, 0) is 144 Å². The van der Waals surface area contributed by atoms with E-state index in [4.69, 9.17) is 33.2 Å². The Morgan fingerprint density at radius 2 is 1.61 bits per heavy atom. The van der Waals surface area contributed by atoms with Gasteiger partial charge in [0.2, 0.25) is 0 Å². The fraction of sp³-hybridized carbons (Fsp3) is 0.854. The zero-order valence-electron chi connectivity index (χ0n) is 40.7. The molecule has 1 aromatic rings. The number of cyclic esters (lactones) is 1. The number of halogens is 1. The van der Waals surface area contributed by atoms with E-state index in [9.17, 15) is 29.6 Å². The molecule has 18 atom stereocenters. The van der Waals surface area contributed by atoms with E-state index in [0.717, 1.165) is 19.4 Å². The van der Waals surface area contributed by atoms with E-state index >= 15 is 0 Å². The van der Waals surface area contributed by atoms with E-state index in [0.29, 0.717) is 24.6 Å². The average Bonchev–Trinajstić information content (AvgIpc) is 4.06. The molecule has 1 aromatic carbocycles. The second kappa shape index (κ2) is 21.5. The van der Waals surface area contributed by atoms with E-state index < -0.39 is 101 Å². The van der Waals surface area contributed by atoms with Crippen LogP contribution < -0.4 is 15.4 Å². The van der Waals surface area contributed by atoms with E-state index in [-0.39, 0.29) is 43.9 Å². The Hall–Kier alpha value is -2.06. The number of carbonyl (C=O) groups is 1. The largest absolute Gasteiger partial charge is 0.483 e. The molecule has 0 aromatic heterocycles. The molecule has 3 heterocycles. The van der Waals surface area contributed by atoms with Crippen LogP contribution in [0.2, 0.25) is 0 Å². The zero-order valence-corrected chi connectivity index (χ0v) is 40.7. The van der Waals surface area contributed by atoms with Crippen LogP contribution >= 0.6 is 0 Å². The SMILES string of the molecule is CC[C@H]1OC(=O)[C@H](C)[C@@H](O[C@H]2C[C@@](C)(OC)[C@](O)(CNCC3CC3)[C@H](C)O2)[C@H](C)[C@@H](O[C@@H]2O[C@H](C)C[C@H](N(C)C)[C@H]2Oc2ccc(F)cc2)[C@](C)(O)C[C@@H](C)CN[C@H](C)[C@@H](O)[C@]1(C)O. The monoisotopic (exact) mass is 912 g/mol. The first-order valence-corrected chi connectivity index (χ1v) is 23.6. The highest BCUT2D eigenvalue weighted by molar-refractivity contribution is 5.73. The Morgan fingerprint density at radius 1 is 0.953 bits per heavy atom. The summed E-state index contributed by atoms with van der Waals surface area (Å²) in [6, 6.07) is 4.90. The van der Waals surface area contributed by atoms with Gasteiger partial charge in [-0.15, -0.1) is 0 Å². The molecule has 6 N–H and O–H groups in total. The standard InChI is InChI=1S/C48H82FN3O12/c1-14-37-47(10,56)41(53)31(6)51-24-27(2)22-45(8,55)42(64-44-40(36(52(11)12)21-28(3)59-44)61-35-19-17-34(49)18-20-35)29(4)39(30(5)43(54)62-37)63-38-23-46(9,58-13)48(57,32(7)60-38)26-50-25-33-15-16-33/h17-20,27-33,36-42,44,50-51,53,55-57H,14-16,21-26H2,1-13H3/t27-,28-,29+,30-,31-,32+,36+,37-,38+,39+,40-,41-,42-,44+,45-,46-,47-,48+/m1/s1. The van der Waals surface area contributed by atoms with Gasteiger partial charge in [-0.1, -0.05) is 20.8 Å². The molecular weight excluding hydrogens is 830 g/mol. The molecule has 0 radical (unpaired) electrons. The van der Waals surface area contributed by atoms with Crippen molar-refractivity contribution in [1.29, 1.82) is 0 Å². The van der Waals surface area contributed by atoms with Gasteiger partial charge < -0.3 is 69.1 Å². The molecule has 0 spiro atoms. The van der Waals surface area contributed by atoms with Crippen molar-refractivity contribution in [1.82, 2.24) is 15.5 Å². The van der Waals surface area contributed by atoms with Crippen molar-refractivity contribution in [2.45, 2.75) is 198 Å². The van der Waals surface area contributed by atoms with Crippen molar-refractivity contribution in [3.05, 3.63) is 30.1 Å². The maximum atomic E-state index is 14.6. The van der Waals surface area contributed by atoms with E-state index in [2.05, 4.69) is 10.6 Å². The van der Waals surface area contributed by atoms with Crippen molar-refractivity contribution in [2.75, 3.05) is 40.8 Å². The van der Waals surface area contributed by atoms with Crippen LogP contribution in [0.25, 0.3) is 0 Å². The third-order valence-corrected chi connectivity index (χ3v) is 14.8. The molecule has 4 fully saturated rings. The second-order valence-electron chi connectivity index (χ2n) is 20.6. The number of nitrogens with one attached hydrogen (secondary N) is 2. The van der Waals surface area contributed by atoms with Crippen molar-refractivity contribution in [3.8, 4) is 5.75 Å². The highest BCUT2D eigenvalue weighted by Gasteiger charge is 2.58. The van der Waals surface area contributed by atoms with Crippen molar-refractivity contribution in [3.63, 3.8) is 0 Å². The molecule has 4 aliphatic rings. The number of aliphatic hydroxyl groups is 4. The highest BCUT2D eigenvalue weighted by atomic mass is 19.1. The van der Waals surface area contributed by atoms with Gasteiger partial charge >= 0.3 is 5.97 Å². The van der Waals surface area contributed by atoms with Gasteiger partial charge in [-0.2, -0.15) is 0 Å². The third kappa shape index (κ3) is 12.1. The summed E-state index contributed by atoms with van der Waals surface area (Å²) in [5.74, 6) is -2.16. The first-order valence-electron chi connectivity index (χ1n) is 23.6. The molecule has 64 heavy (non-hydrogen) atoms. The summed E-state index contributed by atoms with van der Waals surface area (Å²) in [7, 11) is 5.43. The highest BCUT2D eigenvalue weighted by Crippen LogP contribution is 2.44. The molecule has 0 bridgehead atoms. The van der Waals surface area contributed by atoms with Crippen LogP contribution in [0.4, 0.5) is 4.39 Å². The van der Waals surface area contributed by atoms with Crippen LogP contribution in [-0.2, 0) is 33.2 Å². The molecule has 1 aliphatic carbocycles. The molecule has 1 saturated carbocycles. The van der Waals surface area contributed by atoms with Gasteiger partial charge in [0.05, 0.1) is 42.0 Å². The number of hydrogen-bond acceptors (Lipinski definition) is 15. The molecule has 16 heteroatoms. The number of likely N-dealkylation sites (N-methyl/N-ethyl adjacent to an activating group) is 1. The molecule has 0 unspecified atom stereocenters. The van der Waals surface area contributed by atoms with E-state index in [1.165, 1.54) is 19.1 Å². The van der Waals surface area contributed by atoms with Gasteiger partial charge in [0, 0.05) is 32.0 Å². The first-order chi connectivity index (χ1) is 29.9. The maximum absolute atomic E-state index is 14.6. The van der Waals surface area contributed by atoms with Gasteiger partial charge in [-0.3, -0.25) is 4.79 Å². The number of hydrogen-bond donors (Lipinski definition) is 6. The lowest BCUT2D eigenvalue weighted by atomic mass is 9.75. The zero-order chi connectivity index (χ0) is 47.5. The smallest absolute Gasteiger partial charge is 0.311 e. The first kappa shape index (κ1) is 52.9. The van der Waals surface area contributed by atoms with Crippen LogP contribution in [0, 0.1) is 29.5 Å². The summed E-state index contributed by atoms with van der Waals surface area (Å²) in [6.07, 6.45) is -5.08. The predicted octanol–water partition coefficient (Wildman–Crippen LogP) is 4.15. The van der Waals surface area contributed by atoms with Crippen molar-refractivity contribution >= 4 is 5.97 Å². The Balaban J connectivity index is 1.58. The van der Waals surface area contributed by atoms with E-state index in [1.54, 1.807) is 53.9 Å². The average molecular weight is 912 g/mol. The minimum atomic E-state index is -1.84. The number of esters is 1. The number of aliphatic hydroxyl groups excluding tert-OH is 1. The summed E-state index contributed by atoms with van der Waals surface area (Å²) < 4.78 is 60.1. The van der Waals surface area contributed by atoms with Crippen LogP contribution in [0.5, 0.6) is 5.75 Å². The molecule has 368 valence electrons. The predicted molar refractivity (Wildman–Crippen MR) is 239 cm³/mol. The van der Waals surface area contributed by atoms with Crippen LogP contribution in [0.3, 0.4) is 0 Å². The second-order valence-corrected chi connectivity index (χ2v) is 20.6. The fourth-order valence-electron chi connectivity index (χ4n) is 10.3. The number of nitrogens with zero attached hydrogens (tertiary/aromatic N) is 1. The normalized spacial score (nSPS) is 44.5. The minimum absolute atomic E-state index is 0.0861. The number of ether oxygens (including phenoxy) is 7. The molecule has 0 amide bonds. The lowest BCUT2D eigenvalue weighted by molar-refractivity contribution is -0.335. The molecule has 3 aliphatic heterocycles. The Morgan fingerprint density at radius 3 is 2.20 bits per heavy atom. The summed E-state index contributed by atoms with van der Waals surface area (Å²) >= 11 is 0. The van der Waals surface area contributed by atoms with Gasteiger partial charge in [-0.25, -0.2) is 4.39 Å². The Kier molecular flexibility index (Phi) is 17.8. The van der Waals surface area contributed by atoms with Crippen LogP contribution in [-0.4, -0.2) is 162 Å². The van der Waals surface area contributed by atoms with Crippen molar-refractivity contribution < 1.29 is 62.8 Å². The lowest BCUT2D eigenvalue weighted by Crippen LogP contribution is -2.70. The number of methoxy groups -OCH3 is 1. The van der Waals surface area contributed by atoms with Gasteiger partial charge in [0.25, 0.3) is 0 Å². The number of rotatable bonds is 13. The Bertz CT molecular complexity index is 1640. The summed E-state index contributed by atoms with van der Waals surface area (Å²) in [6.45, 7) is 19.1. The number of carbonyl (C=O) groups excluding carboxylic acids is 1. The molecule has 5 rings (SSSR count). The molecular formula is C48H82FN3O12. The fourth-order valence-corrected chi connectivity index (χ4v) is 10.3. The quantitative estimate of drug-likeness (QED) is 0.155. The Labute approximate surface area is 381 Å². The topological polar surface area (TPSA) is 190 Å². The van der Waals surface area contributed by atoms with E-state index in [1.807, 2.05) is 46.7 Å². The number of benzene rings is 1. The van der Waals surface area contributed by atoms with Crippen molar-refractivity contribution in [2.24, 2.45) is 23.7 Å². The minimum Gasteiger partial charge on any atom is -0.483 e. The van der Waals surface area contributed by atoms with Crippen LogP contribution in [0.1, 0.15) is 108 Å². The molecule has 3 saturated heterocycles. The summed E-state index contributed by atoms with van der Waals surface area (Å²) in [4.78, 5) is 16.6. The van der Waals surface area contributed by atoms with Crippen LogP contribution in [0.15, 0.2) is 24.3 Å². The third-order valence-electron chi connectivity index (χ3n) is 14.8. The maximum Gasteiger partial charge on any atom is 0.311 e. The summed E-state index contributed by atoms with van der Waals surface area (Å²) in [5, 5.41) is 55.2. The van der Waals surface area contributed by atoms with Gasteiger partial charge in [0.1, 0.15) is 40.6 Å². The molecule has 15 nitrogen and oxygen atoms in total. The van der Waals surface area contributed by atoms with Gasteiger partial charge in [0.15, 0.2) is 18.7 Å². The lowest BCUT2D eigenvalue weighted by Gasteiger charge is -2.53. The summed E-state index contributed by atoms with van der Waals surface area (Å²) in [5.41, 5.74) is -6.04.